The first-order chi connectivity index (χ1) is 7.25. The van der Waals surface area contributed by atoms with Crippen molar-refractivity contribution in [3.05, 3.63) is 30.1 Å². The van der Waals surface area contributed by atoms with Crippen LogP contribution in [0.1, 0.15) is 6.42 Å². The number of anilines is 1. The first-order valence-corrected chi connectivity index (χ1v) is 5.03. The number of halogens is 1. The van der Waals surface area contributed by atoms with Crippen LogP contribution in [0.5, 0.6) is 0 Å². The van der Waals surface area contributed by atoms with Gasteiger partial charge >= 0.3 is 0 Å². The van der Waals surface area contributed by atoms with Gasteiger partial charge < -0.3 is 10.6 Å². The molecule has 1 unspecified atom stereocenters. The molecule has 15 heavy (non-hydrogen) atoms. The number of carbonyl (C=O) groups is 1. The SMILES string of the molecule is O=C(Nc1cccc(F)c1)C1CCNC1. The van der Waals surface area contributed by atoms with Crippen LogP contribution in [-0.4, -0.2) is 19.0 Å². The molecule has 0 aliphatic carbocycles. The molecular weight excluding hydrogens is 195 g/mol. The summed E-state index contributed by atoms with van der Waals surface area (Å²) >= 11 is 0. The predicted molar refractivity (Wildman–Crippen MR) is 56.0 cm³/mol. The van der Waals surface area contributed by atoms with Crippen LogP contribution in [0.15, 0.2) is 24.3 Å². The summed E-state index contributed by atoms with van der Waals surface area (Å²) in [7, 11) is 0. The Kier molecular flexibility index (Phi) is 2.97. The molecule has 1 aliphatic heterocycles. The maximum atomic E-state index is 12.8. The minimum atomic E-state index is -0.336. The summed E-state index contributed by atoms with van der Waals surface area (Å²) in [5.41, 5.74) is 0.520. The minimum absolute atomic E-state index is 0.00765. The van der Waals surface area contributed by atoms with Crippen molar-refractivity contribution in [1.29, 1.82) is 0 Å². The molecule has 0 aromatic heterocycles. The molecule has 0 bridgehead atoms. The smallest absolute Gasteiger partial charge is 0.228 e. The van der Waals surface area contributed by atoms with Crippen molar-refractivity contribution < 1.29 is 9.18 Å². The molecule has 3 nitrogen and oxygen atoms in total. The molecular formula is C11H13FN2O. The minimum Gasteiger partial charge on any atom is -0.326 e. The van der Waals surface area contributed by atoms with Gasteiger partial charge in [0.1, 0.15) is 5.82 Å². The van der Waals surface area contributed by atoms with E-state index in [0.717, 1.165) is 13.0 Å². The molecule has 1 aromatic carbocycles. The van der Waals surface area contributed by atoms with Gasteiger partial charge in [-0.05, 0) is 31.2 Å². The zero-order chi connectivity index (χ0) is 10.7. The molecule has 1 amide bonds. The van der Waals surface area contributed by atoms with Gasteiger partial charge in [-0.1, -0.05) is 6.07 Å². The van der Waals surface area contributed by atoms with Gasteiger partial charge in [-0.2, -0.15) is 0 Å². The lowest BCUT2D eigenvalue weighted by atomic mass is 10.1. The normalized spacial score (nSPS) is 20.2. The maximum absolute atomic E-state index is 12.8. The highest BCUT2D eigenvalue weighted by Gasteiger charge is 2.22. The largest absolute Gasteiger partial charge is 0.326 e. The summed E-state index contributed by atoms with van der Waals surface area (Å²) in [6, 6.07) is 5.94. The number of rotatable bonds is 2. The van der Waals surface area contributed by atoms with E-state index in [4.69, 9.17) is 0 Å². The van der Waals surface area contributed by atoms with Crippen molar-refractivity contribution in [1.82, 2.24) is 5.32 Å². The van der Waals surface area contributed by atoms with E-state index in [1.165, 1.54) is 12.1 Å². The van der Waals surface area contributed by atoms with Crippen molar-refractivity contribution in [3.63, 3.8) is 0 Å². The van der Waals surface area contributed by atoms with Crippen molar-refractivity contribution >= 4 is 11.6 Å². The lowest BCUT2D eigenvalue weighted by Gasteiger charge is -2.09. The van der Waals surface area contributed by atoms with Crippen LogP contribution in [0, 0.1) is 11.7 Å². The highest BCUT2D eigenvalue weighted by atomic mass is 19.1. The van der Waals surface area contributed by atoms with Crippen molar-refractivity contribution in [2.45, 2.75) is 6.42 Å². The summed E-state index contributed by atoms with van der Waals surface area (Å²) in [4.78, 5) is 11.7. The molecule has 0 saturated carbocycles. The summed E-state index contributed by atoms with van der Waals surface area (Å²) < 4.78 is 12.8. The quantitative estimate of drug-likeness (QED) is 0.770. The average molecular weight is 208 g/mol. The Balaban J connectivity index is 1.99. The standard InChI is InChI=1S/C11H13FN2O/c12-9-2-1-3-10(6-9)14-11(15)8-4-5-13-7-8/h1-3,6,8,13H,4-5,7H2,(H,14,15). The third kappa shape index (κ3) is 2.53. The van der Waals surface area contributed by atoms with Crippen molar-refractivity contribution in [3.8, 4) is 0 Å². The van der Waals surface area contributed by atoms with Crippen LogP contribution < -0.4 is 10.6 Å². The fourth-order valence-electron chi connectivity index (χ4n) is 1.69. The van der Waals surface area contributed by atoms with Crippen molar-refractivity contribution in [2.24, 2.45) is 5.92 Å². The number of nitrogens with one attached hydrogen (secondary N) is 2. The number of hydrogen-bond donors (Lipinski definition) is 2. The summed E-state index contributed by atoms with van der Waals surface area (Å²) in [6.45, 7) is 1.59. The van der Waals surface area contributed by atoms with Gasteiger partial charge in [-0.15, -0.1) is 0 Å². The second kappa shape index (κ2) is 4.40. The van der Waals surface area contributed by atoms with Crippen molar-refractivity contribution in [2.75, 3.05) is 18.4 Å². The topological polar surface area (TPSA) is 41.1 Å². The van der Waals surface area contributed by atoms with E-state index < -0.39 is 0 Å². The number of benzene rings is 1. The van der Waals surface area contributed by atoms with Crippen LogP contribution >= 0.6 is 0 Å². The lowest BCUT2D eigenvalue weighted by Crippen LogP contribution is -2.24. The van der Waals surface area contributed by atoms with E-state index in [9.17, 15) is 9.18 Å². The first-order valence-electron chi connectivity index (χ1n) is 5.03. The molecule has 2 rings (SSSR count). The molecule has 2 N–H and O–H groups in total. The Hall–Kier alpha value is -1.42. The van der Waals surface area contributed by atoms with E-state index in [1.807, 2.05) is 0 Å². The summed E-state index contributed by atoms with van der Waals surface area (Å²) in [5, 5.41) is 5.82. The number of carbonyl (C=O) groups excluding carboxylic acids is 1. The zero-order valence-electron chi connectivity index (χ0n) is 8.29. The van der Waals surface area contributed by atoms with Crippen LogP contribution in [0.2, 0.25) is 0 Å². The molecule has 0 radical (unpaired) electrons. The van der Waals surface area contributed by atoms with Crippen LogP contribution in [-0.2, 0) is 4.79 Å². The Labute approximate surface area is 87.7 Å². The van der Waals surface area contributed by atoms with Crippen LogP contribution in [0.25, 0.3) is 0 Å². The van der Waals surface area contributed by atoms with Gasteiger partial charge in [-0.25, -0.2) is 4.39 Å². The van der Waals surface area contributed by atoms with Gasteiger partial charge in [0.2, 0.25) is 5.91 Å². The fraction of sp³-hybridized carbons (Fsp3) is 0.364. The van der Waals surface area contributed by atoms with E-state index in [1.54, 1.807) is 12.1 Å². The Morgan fingerprint density at radius 1 is 1.53 bits per heavy atom. The van der Waals surface area contributed by atoms with Gasteiger partial charge in [0.05, 0.1) is 5.92 Å². The zero-order valence-corrected chi connectivity index (χ0v) is 8.29. The first kappa shape index (κ1) is 10.1. The second-order valence-electron chi connectivity index (χ2n) is 3.69. The molecule has 4 heteroatoms. The average Bonchev–Trinajstić information content (AvgIpc) is 2.70. The molecule has 0 spiro atoms. The predicted octanol–water partition coefficient (Wildman–Crippen LogP) is 1.37. The molecule has 80 valence electrons. The van der Waals surface area contributed by atoms with Gasteiger partial charge in [-0.3, -0.25) is 4.79 Å². The summed E-state index contributed by atoms with van der Waals surface area (Å²) in [6.07, 6.45) is 0.848. The van der Waals surface area contributed by atoms with Gasteiger partial charge in [0.25, 0.3) is 0 Å². The molecule has 1 aliphatic rings. The second-order valence-corrected chi connectivity index (χ2v) is 3.69. The Morgan fingerprint density at radius 3 is 3.07 bits per heavy atom. The van der Waals surface area contributed by atoms with E-state index in [2.05, 4.69) is 10.6 Å². The Bertz CT molecular complexity index is 361. The fourth-order valence-corrected chi connectivity index (χ4v) is 1.69. The number of hydrogen-bond acceptors (Lipinski definition) is 2. The van der Waals surface area contributed by atoms with E-state index in [-0.39, 0.29) is 17.6 Å². The monoisotopic (exact) mass is 208 g/mol. The van der Waals surface area contributed by atoms with Crippen LogP contribution in [0.3, 0.4) is 0 Å². The van der Waals surface area contributed by atoms with Gasteiger partial charge in [0.15, 0.2) is 0 Å². The molecule has 1 atom stereocenters. The highest BCUT2D eigenvalue weighted by molar-refractivity contribution is 5.92. The van der Waals surface area contributed by atoms with E-state index in [0.29, 0.717) is 12.2 Å². The van der Waals surface area contributed by atoms with Crippen LogP contribution in [0.4, 0.5) is 10.1 Å². The third-order valence-corrected chi connectivity index (χ3v) is 2.52. The molecule has 1 saturated heterocycles. The maximum Gasteiger partial charge on any atom is 0.228 e. The lowest BCUT2D eigenvalue weighted by molar-refractivity contribution is -0.119. The Morgan fingerprint density at radius 2 is 2.40 bits per heavy atom. The summed E-state index contributed by atoms with van der Waals surface area (Å²) in [5.74, 6) is -0.365. The van der Waals surface area contributed by atoms with Gasteiger partial charge in [0, 0.05) is 12.2 Å². The molecule has 1 fully saturated rings. The molecule has 1 aromatic rings. The van der Waals surface area contributed by atoms with E-state index >= 15 is 0 Å². The highest BCUT2D eigenvalue weighted by Crippen LogP contribution is 2.13. The molecule has 1 heterocycles. The number of amides is 1. The third-order valence-electron chi connectivity index (χ3n) is 2.52.